The van der Waals surface area contributed by atoms with Crippen LogP contribution in [0.3, 0.4) is 0 Å². The van der Waals surface area contributed by atoms with Crippen LogP contribution < -0.4 is 0 Å². The molecule has 0 saturated carbocycles. The summed E-state index contributed by atoms with van der Waals surface area (Å²) >= 11 is 0. The maximum absolute atomic E-state index is 11.4. The zero-order chi connectivity index (χ0) is 10.5. The van der Waals surface area contributed by atoms with E-state index in [1.54, 1.807) is 0 Å². The van der Waals surface area contributed by atoms with Gasteiger partial charge in [-0.25, -0.2) is 0 Å². The Morgan fingerprint density at radius 2 is 1.54 bits per heavy atom. The monoisotopic (exact) mass is 184 g/mol. The van der Waals surface area contributed by atoms with Crippen LogP contribution in [0.15, 0.2) is 0 Å². The first kappa shape index (κ1) is 12.3. The Morgan fingerprint density at radius 1 is 1.00 bits per heavy atom. The van der Waals surface area contributed by atoms with Crippen LogP contribution >= 0.6 is 0 Å². The Kier molecular flexibility index (Phi) is 4.89. The Hall–Kier alpha value is -0.660. The van der Waals surface area contributed by atoms with Crippen molar-refractivity contribution in [3.63, 3.8) is 0 Å². The smallest absolute Gasteiger partial charge is 0.138 e. The molecule has 76 valence electrons. The highest BCUT2D eigenvalue weighted by Gasteiger charge is 2.21. The number of rotatable bonds is 5. The molecule has 0 rings (SSSR count). The second kappa shape index (κ2) is 5.15. The van der Waals surface area contributed by atoms with Gasteiger partial charge in [-0.05, 0) is 6.42 Å². The summed E-state index contributed by atoms with van der Waals surface area (Å²) in [5.74, 6) is 0.386. The first-order valence-electron chi connectivity index (χ1n) is 4.93. The first-order chi connectivity index (χ1) is 5.88. The molecule has 2 nitrogen and oxygen atoms in total. The van der Waals surface area contributed by atoms with Crippen molar-refractivity contribution < 1.29 is 9.59 Å². The van der Waals surface area contributed by atoms with Gasteiger partial charge in [0.25, 0.3) is 0 Å². The van der Waals surface area contributed by atoms with E-state index in [0.29, 0.717) is 19.3 Å². The molecule has 0 heterocycles. The van der Waals surface area contributed by atoms with Gasteiger partial charge in [0.05, 0.1) is 0 Å². The molecule has 13 heavy (non-hydrogen) atoms. The lowest BCUT2D eigenvalue weighted by Gasteiger charge is -2.15. The first-order valence-corrected chi connectivity index (χ1v) is 4.93. The molecule has 2 heteroatoms. The summed E-state index contributed by atoms with van der Waals surface area (Å²) in [4.78, 5) is 22.5. The van der Waals surface area contributed by atoms with Gasteiger partial charge in [-0.2, -0.15) is 0 Å². The van der Waals surface area contributed by atoms with Gasteiger partial charge in [0.1, 0.15) is 11.6 Å². The van der Waals surface area contributed by atoms with Crippen LogP contribution in [0.5, 0.6) is 0 Å². The van der Waals surface area contributed by atoms with Gasteiger partial charge in [-0.1, -0.05) is 27.7 Å². The van der Waals surface area contributed by atoms with Gasteiger partial charge >= 0.3 is 0 Å². The van der Waals surface area contributed by atoms with Crippen LogP contribution in [0.4, 0.5) is 0 Å². The summed E-state index contributed by atoms with van der Waals surface area (Å²) in [6.45, 7) is 7.64. The molecule has 0 amide bonds. The SMILES string of the molecule is CCCC(=O)CCC(=O)C(C)(C)C. The molecule has 0 aliphatic heterocycles. The standard InChI is InChI=1S/C11H20O2/c1-5-6-9(12)7-8-10(13)11(2,3)4/h5-8H2,1-4H3. The molecule has 0 N–H and O–H groups in total. The van der Waals surface area contributed by atoms with Crippen LogP contribution in [0, 0.1) is 5.41 Å². The molecule has 0 spiro atoms. The van der Waals surface area contributed by atoms with E-state index < -0.39 is 0 Å². The maximum Gasteiger partial charge on any atom is 0.138 e. The second-order valence-electron chi connectivity index (χ2n) is 4.46. The quantitative estimate of drug-likeness (QED) is 0.658. The van der Waals surface area contributed by atoms with E-state index in [9.17, 15) is 9.59 Å². The maximum atomic E-state index is 11.4. The minimum Gasteiger partial charge on any atom is -0.300 e. The van der Waals surface area contributed by atoms with E-state index in [0.717, 1.165) is 6.42 Å². The number of carbonyl (C=O) groups is 2. The number of hydrogen-bond acceptors (Lipinski definition) is 2. The van der Waals surface area contributed by atoms with Crippen molar-refractivity contribution in [1.82, 2.24) is 0 Å². The summed E-state index contributed by atoms with van der Waals surface area (Å²) in [5.41, 5.74) is -0.299. The molecule has 0 aliphatic rings. The van der Waals surface area contributed by atoms with Gasteiger partial charge in [-0.15, -0.1) is 0 Å². The van der Waals surface area contributed by atoms with Gasteiger partial charge in [0.2, 0.25) is 0 Å². The topological polar surface area (TPSA) is 34.1 Å². The van der Waals surface area contributed by atoms with E-state index in [2.05, 4.69) is 0 Å². The fraction of sp³-hybridized carbons (Fsp3) is 0.818. The van der Waals surface area contributed by atoms with Crippen LogP contribution in [-0.4, -0.2) is 11.6 Å². The summed E-state index contributed by atoms with van der Waals surface area (Å²) < 4.78 is 0. The van der Waals surface area contributed by atoms with E-state index >= 15 is 0 Å². The molecule has 0 unspecified atom stereocenters. The third-order valence-corrected chi connectivity index (χ3v) is 2.00. The highest BCUT2D eigenvalue weighted by atomic mass is 16.1. The zero-order valence-corrected chi connectivity index (χ0v) is 9.14. The largest absolute Gasteiger partial charge is 0.300 e. The zero-order valence-electron chi connectivity index (χ0n) is 9.14. The van der Waals surface area contributed by atoms with Gasteiger partial charge in [-0.3, -0.25) is 9.59 Å². The summed E-state index contributed by atoms with van der Waals surface area (Å²) in [6.07, 6.45) is 2.31. The molecule has 0 aromatic carbocycles. The molecule has 0 atom stereocenters. The highest BCUT2D eigenvalue weighted by Crippen LogP contribution is 2.17. The summed E-state index contributed by atoms with van der Waals surface area (Å²) in [7, 11) is 0. The Morgan fingerprint density at radius 3 is 1.92 bits per heavy atom. The van der Waals surface area contributed by atoms with Crippen molar-refractivity contribution in [3.8, 4) is 0 Å². The van der Waals surface area contributed by atoms with Crippen LogP contribution in [-0.2, 0) is 9.59 Å². The normalized spacial score (nSPS) is 11.4. The fourth-order valence-corrected chi connectivity index (χ4v) is 1.03. The Bertz CT molecular complexity index is 187. The minimum atomic E-state index is -0.299. The van der Waals surface area contributed by atoms with Crippen LogP contribution in [0.2, 0.25) is 0 Å². The fourth-order valence-electron chi connectivity index (χ4n) is 1.03. The molecule has 0 fully saturated rings. The van der Waals surface area contributed by atoms with Gasteiger partial charge < -0.3 is 0 Å². The molecule has 0 aromatic rings. The predicted octanol–water partition coefficient (Wildman–Crippen LogP) is 2.75. The number of ketones is 2. The second-order valence-corrected chi connectivity index (χ2v) is 4.46. The van der Waals surface area contributed by atoms with E-state index in [4.69, 9.17) is 0 Å². The van der Waals surface area contributed by atoms with Crippen molar-refractivity contribution in [2.45, 2.75) is 53.4 Å². The molecule has 0 saturated heterocycles. The minimum absolute atomic E-state index is 0.178. The molecular formula is C11H20O2. The molecule has 0 radical (unpaired) electrons. The van der Waals surface area contributed by atoms with Crippen LogP contribution in [0.1, 0.15) is 53.4 Å². The Labute approximate surface area is 80.7 Å². The van der Waals surface area contributed by atoms with Gasteiger partial charge in [0, 0.05) is 24.7 Å². The van der Waals surface area contributed by atoms with Gasteiger partial charge in [0.15, 0.2) is 0 Å². The number of Topliss-reactive ketones (excluding diaryl/α,β-unsaturated/α-hetero) is 2. The van der Waals surface area contributed by atoms with Crippen molar-refractivity contribution in [1.29, 1.82) is 0 Å². The molecule has 0 bridgehead atoms. The highest BCUT2D eigenvalue weighted by molar-refractivity contribution is 5.88. The average molecular weight is 184 g/mol. The lowest BCUT2D eigenvalue weighted by atomic mass is 9.87. The third kappa shape index (κ3) is 5.56. The molecular weight excluding hydrogens is 164 g/mol. The average Bonchev–Trinajstić information content (AvgIpc) is 1.99. The number of carbonyl (C=O) groups excluding carboxylic acids is 2. The lowest BCUT2D eigenvalue weighted by Crippen LogP contribution is -2.20. The molecule has 0 aromatic heterocycles. The van der Waals surface area contributed by atoms with Crippen molar-refractivity contribution in [2.24, 2.45) is 5.41 Å². The predicted molar refractivity (Wildman–Crippen MR) is 53.6 cm³/mol. The van der Waals surface area contributed by atoms with Crippen LogP contribution in [0.25, 0.3) is 0 Å². The third-order valence-electron chi connectivity index (χ3n) is 2.00. The van der Waals surface area contributed by atoms with Crippen molar-refractivity contribution in [2.75, 3.05) is 0 Å². The Balaban J connectivity index is 3.77. The summed E-state index contributed by atoms with van der Waals surface area (Å²) in [6, 6.07) is 0. The number of hydrogen-bond donors (Lipinski definition) is 0. The summed E-state index contributed by atoms with van der Waals surface area (Å²) in [5, 5.41) is 0. The van der Waals surface area contributed by atoms with E-state index in [1.165, 1.54) is 0 Å². The van der Waals surface area contributed by atoms with Crippen molar-refractivity contribution in [3.05, 3.63) is 0 Å². The molecule has 0 aliphatic carbocycles. The lowest BCUT2D eigenvalue weighted by molar-refractivity contribution is -0.129. The van der Waals surface area contributed by atoms with E-state index in [-0.39, 0.29) is 17.0 Å². The van der Waals surface area contributed by atoms with Crippen molar-refractivity contribution >= 4 is 11.6 Å². The van der Waals surface area contributed by atoms with E-state index in [1.807, 2.05) is 27.7 Å².